The van der Waals surface area contributed by atoms with Crippen LogP contribution in [0, 0.1) is 11.3 Å². The van der Waals surface area contributed by atoms with Crippen molar-refractivity contribution in [3.05, 3.63) is 92.3 Å². The van der Waals surface area contributed by atoms with Crippen LogP contribution >= 0.6 is 45.7 Å². The summed E-state index contributed by atoms with van der Waals surface area (Å²) in [6.07, 6.45) is 8.36. The van der Waals surface area contributed by atoms with Crippen LogP contribution in [0.1, 0.15) is 30.7 Å². The fraction of sp³-hybridized carbons (Fsp3) is 0.233. The number of aromatic nitrogens is 1. The van der Waals surface area contributed by atoms with Crippen molar-refractivity contribution in [1.29, 1.82) is 5.26 Å². The number of thiazole rings is 1. The van der Waals surface area contributed by atoms with E-state index in [4.69, 9.17) is 0 Å². The summed E-state index contributed by atoms with van der Waals surface area (Å²) < 4.78 is 4.33. The van der Waals surface area contributed by atoms with Crippen LogP contribution in [0.25, 0.3) is 21.7 Å². The van der Waals surface area contributed by atoms with Crippen molar-refractivity contribution < 1.29 is 9.36 Å². The molecular formula is C30H25IN4OS2. The average molecular weight is 649 g/mol. The molecule has 5 rings (SSSR count). The second-order valence-electron chi connectivity index (χ2n) is 9.05. The summed E-state index contributed by atoms with van der Waals surface area (Å²) in [7, 11) is 1.96. The van der Waals surface area contributed by atoms with Crippen LogP contribution in [0.15, 0.2) is 86.8 Å². The van der Waals surface area contributed by atoms with E-state index in [2.05, 4.69) is 39.6 Å². The van der Waals surface area contributed by atoms with Gasteiger partial charge in [0.1, 0.15) is 17.8 Å². The van der Waals surface area contributed by atoms with Crippen LogP contribution in [0.5, 0.6) is 0 Å². The lowest BCUT2D eigenvalue weighted by molar-refractivity contribution is -0.642. The first-order valence-electron chi connectivity index (χ1n) is 12.5. The molecule has 0 atom stereocenters. The van der Waals surface area contributed by atoms with Crippen molar-refractivity contribution in [2.45, 2.75) is 30.6 Å². The van der Waals surface area contributed by atoms with Gasteiger partial charge in [-0.25, -0.2) is 5.87 Å². The van der Waals surface area contributed by atoms with Crippen LogP contribution in [-0.4, -0.2) is 22.6 Å². The maximum atomic E-state index is 13.5. The molecule has 0 unspecified atom stereocenters. The van der Waals surface area contributed by atoms with E-state index in [1.54, 1.807) is 23.1 Å². The maximum absolute atomic E-state index is 13.5. The van der Waals surface area contributed by atoms with Crippen molar-refractivity contribution in [3.63, 3.8) is 0 Å². The molecular weight excluding hydrogens is 623 g/mol. The number of halogens is 1. The molecule has 1 aliphatic carbocycles. The molecule has 3 aromatic rings. The third-order valence-electron chi connectivity index (χ3n) is 6.71. The minimum absolute atomic E-state index is 0.0303. The molecule has 1 aromatic heterocycles. The highest BCUT2D eigenvalue weighted by atomic mass is 127. The van der Waals surface area contributed by atoms with Gasteiger partial charge in [-0.2, -0.15) is 9.83 Å². The first kappa shape index (κ1) is 26.6. The molecule has 0 saturated heterocycles. The number of Topliss-reactive ketones (excluding diaryl/α,β-unsaturated/α-hetero) is 1. The molecule has 5 nitrogen and oxygen atoms in total. The summed E-state index contributed by atoms with van der Waals surface area (Å²) in [6, 6.07) is 18.3. The standard InChI is InChI=1S/C30H25IN4OS2/c1-34-23-10-4-6-12-25(23)37-27(34)16-21-29(20(18-32)19-33)22(30(21)36)17-28-35(15-9-3-2-8-14-31)24-11-5-7-13-26(24)38-28/h4-7,10-13,16-17H,2-3,8-9,14-15H2,1H3. The lowest BCUT2D eigenvalue weighted by atomic mass is 9.77. The number of nitrogens with zero attached hydrogens (tertiary/aromatic N) is 4. The lowest BCUT2D eigenvalue weighted by Crippen LogP contribution is -2.30. The van der Waals surface area contributed by atoms with Crippen molar-refractivity contribution >= 4 is 79.3 Å². The number of unbranched alkanes of at least 4 members (excludes halogenated alkanes) is 3. The van der Waals surface area contributed by atoms with Crippen LogP contribution in [0.3, 0.4) is 0 Å². The number of thioether (sulfide) groups is 1. The number of carbonyl (C=O) groups is 1. The van der Waals surface area contributed by atoms with Gasteiger partial charge in [0.15, 0.2) is 5.78 Å². The van der Waals surface area contributed by atoms with Gasteiger partial charge in [0.25, 0.3) is 5.01 Å². The van der Waals surface area contributed by atoms with Crippen LogP contribution in [-0.2, 0) is 11.8 Å². The molecule has 8 heteroatoms. The molecule has 2 aliphatic rings. The van der Waals surface area contributed by atoms with Crippen LogP contribution in [0.4, 0.5) is 5.69 Å². The molecule has 0 fully saturated rings. The Labute approximate surface area is 244 Å². The normalized spacial score (nSPS) is 16.7. The van der Waals surface area contributed by atoms with Gasteiger partial charge in [-0.1, -0.05) is 82.8 Å². The average Bonchev–Trinajstić information content (AvgIpc) is 3.46. The smallest absolute Gasteiger partial charge is 0.263 e. The number of ketones is 1. The fourth-order valence-electron chi connectivity index (χ4n) is 4.74. The molecule has 0 spiro atoms. The van der Waals surface area contributed by atoms with Crippen molar-refractivity contribution in [2.24, 2.45) is 7.05 Å². The topological polar surface area (TPSA) is 70.3 Å². The van der Waals surface area contributed by atoms with Gasteiger partial charge in [0, 0.05) is 40.3 Å². The predicted octanol–water partition coefficient (Wildman–Crippen LogP) is 7.13. The van der Waals surface area contributed by atoms with E-state index in [-0.39, 0.29) is 11.4 Å². The third kappa shape index (κ3) is 5.04. The van der Waals surface area contributed by atoms with E-state index in [1.807, 2.05) is 72.1 Å². The van der Waals surface area contributed by atoms with Gasteiger partial charge in [0.2, 0.25) is 5.52 Å². The zero-order chi connectivity index (χ0) is 26.6. The number of fused-ring (bicyclic) bond motifs is 2. The largest absolute Gasteiger partial charge is 0.762 e. The number of alkyl halides is 1. The molecule has 38 heavy (non-hydrogen) atoms. The second-order valence-corrected chi connectivity index (χ2v) is 12.3. The highest BCUT2D eigenvalue weighted by Gasteiger charge is 2.37. The Balaban J connectivity index is 1.54. The van der Waals surface area contributed by atoms with E-state index in [9.17, 15) is 15.5 Å². The quantitative estimate of drug-likeness (QED) is 0.0471. The number of rotatable bonds is 9. The first-order valence-corrected chi connectivity index (χ1v) is 15.6. The Hall–Kier alpha value is -2.96. The summed E-state index contributed by atoms with van der Waals surface area (Å²) >= 11 is 5.64. The molecule has 0 amide bonds. The molecule has 0 radical (unpaired) electrons. The Morgan fingerprint density at radius 3 is 2.63 bits per heavy atom. The number of aryl methyl sites for hydroxylation is 1. The molecule has 190 valence electrons. The van der Waals surface area contributed by atoms with Gasteiger partial charge in [-0.15, -0.1) is 0 Å². The minimum atomic E-state index is -0.133. The predicted molar refractivity (Wildman–Crippen MR) is 166 cm³/mol. The summed E-state index contributed by atoms with van der Waals surface area (Å²) in [6.45, 7) is 0.862. The zero-order valence-electron chi connectivity index (χ0n) is 20.9. The van der Waals surface area contributed by atoms with Gasteiger partial charge in [-0.3, -0.25) is 4.79 Å². The number of hydrogen-bond donors (Lipinski definition) is 0. The van der Waals surface area contributed by atoms with Crippen LogP contribution < -0.4 is 9.47 Å². The second kappa shape index (κ2) is 11.8. The molecule has 2 aromatic carbocycles. The zero-order valence-corrected chi connectivity index (χ0v) is 24.7. The summed E-state index contributed by atoms with van der Waals surface area (Å²) in [5.74, 6) is 1.89. The van der Waals surface area contributed by atoms with E-state index in [0.29, 0.717) is 16.7 Å². The molecule has 2 heterocycles. The summed E-state index contributed by atoms with van der Waals surface area (Å²) in [5, 5.41) is 21.3. The summed E-state index contributed by atoms with van der Waals surface area (Å²) in [5.41, 5.74) is 3.49. The highest BCUT2D eigenvalue weighted by Crippen LogP contribution is 2.48. The maximum Gasteiger partial charge on any atom is 0.263 e. The minimum Gasteiger partial charge on any atom is -0.762 e. The van der Waals surface area contributed by atoms with Crippen molar-refractivity contribution in [3.8, 4) is 6.07 Å². The number of carbonyl (C=O) groups excluding carboxylic acids is 1. The van der Waals surface area contributed by atoms with E-state index < -0.39 is 0 Å². The lowest BCUT2D eigenvalue weighted by Gasteiger charge is -2.25. The van der Waals surface area contributed by atoms with E-state index in [0.717, 1.165) is 50.2 Å². The molecule has 0 N–H and O–H groups in total. The SMILES string of the molecule is C[n+]1c(/C=C2/C(=O)C(/C=C3\Sc4ccccc4N3CCCCCCI)=C2C(=C=[N-])C#N)sc2ccccc21. The number of para-hydroxylation sites is 2. The Kier molecular flexibility index (Phi) is 8.29. The number of anilines is 1. The van der Waals surface area contributed by atoms with Gasteiger partial charge < -0.3 is 10.3 Å². The van der Waals surface area contributed by atoms with Gasteiger partial charge >= 0.3 is 0 Å². The number of hydrogen-bond acceptors (Lipinski definition) is 5. The Morgan fingerprint density at radius 2 is 1.87 bits per heavy atom. The fourth-order valence-corrected chi connectivity index (χ4v) is 7.50. The van der Waals surface area contributed by atoms with Crippen molar-refractivity contribution in [1.82, 2.24) is 0 Å². The number of benzene rings is 2. The third-order valence-corrected chi connectivity index (χ3v) is 9.75. The van der Waals surface area contributed by atoms with Gasteiger partial charge in [0.05, 0.1) is 16.3 Å². The van der Waals surface area contributed by atoms with Gasteiger partial charge in [-0.05, 0) is 41.5 Å². The highest BCUT2D eigenvalue weighted by molar-refractivity contribution is 14.1. The molecule has 1 aliphatic heterocycles. The van der Waals surface area contributed by atoms with E-state index >= 15 is 0 Å². The number of nitriles is 1. The van der Waals surface area contributed by atoms with Crippen molar-refractivity contribution in [2.75, 3.05) is 15.9 Å². The Bertz CT molecular complexity index is 1620. The van der Waals surface area contributed by atoms with E-state index in [1.165, 1.54) is 17.3 Å². The molecule has 0 saturated carbocycles. The monoisotopic (exact) mass is 648 g/mol. The molecule has 0 bridgehead atoms. The first-order chi connectivity index (χ1) is 18.6. The van der Waals surface area contributed by atoms with Crippen LogP contribution in [0.2, 0.25) is 0 Å². The number of allylic oxidation sites excluding steroid dienone is 5. The Morgan fingerprint density at radius 1 is 1.11 bits per heavy atom. The summed E-state index contributed by atoms with van der Waals surface area (Å²) in [4.78, 5) is 16.9.